The summed E-state index contributed by atoms with van der Waals surface area (Å²) in [5.41, 5.74) is 0.416. The highest BCUT2D eigenvalue weighted by atomic mass is 16.3. The monoisotopic (exact) mass is 278 g/mol. The molecule has 5 heteroatoms. The van der Waals surface area contributed by atoms with Gasteiger partial charge in [-0.15, -0.1) is 0 Å². The molecular formula is C15H22N2O3. The molecule has 0 aliphatic carbocycles. The maximum Gasteiger partial charge on any atom is 0.254 e. The lowest BCUT2D eigenvalue weighted by atomic mass is 10.0. The molecule has 3 N–H and O–H groups in total. The van der Waals surface area contributed by atoms with Gasteiger partial charge in [-0.1, -0.05) is 6.92 Å². The fraction of sp³-hybridized carbons (Fsp3) is 0.533. The van der Waals surface area contributed by atoms with Gasteiger partial charge >= 0.3 is 0 Å². The van der Waals surface area contributed by atoms with Crippen molar-refractivity contribution in [3.05, 3.63) is 23.8 Å². The second kappa shape index (κ2) is 6.61. The van der Waals surface area contributed by atoms with Gasteiger partial charge in [-0.25, -0.2) is 0 Å². The van der Waals surface area contributed by atoms with Gasteiger partial charge in [-0.3, -0.25) is 4.79 Å². The van der Waals surface area contributed by atoms with E-state index in [0.29, 0.717) is 12.1 Å². The number of piperidine rings is 1. The zero-order valence-electron chi connectivity index (χ0n) is 11.8. The van der Waals surface area contributed by atoms with Crippen molar-refractivity contribution in [1.29, 1.82) is 0 Å². The molecule has 1 unspecified atom stereocenters. The minimum atomic E-state index is -0.255. The summed E-state index contributed by atoms with van der Waals surface area (Å²) in [5, 5.41) is 22.2. The van der Waals surface area contributed by atoms with Crippen LogP contribution in [0.5, 0.6) is 11.5 Å². The number of nitrogens with zero attached hydrogens (tertiary/aromatic N) is 1. The zero-order valence-corrected chi connectivity index (χ0v) is 11.8. The number of amides is 1. The maximum absolute atomic E-state index is 12.6. The van der Waals surface area contributed by atoms with Crippen LogP contribution in [0.4, 0.5) is 0 Å². The average Bonchev–Trinajstić information content (AvgIpc) is 2.48. The topological polar surface area (TPSA) is 72.8 Å². The molecule has 1 aliphatic heterocycles. The average molecular weight is 278 g/mol. The number of hydrogen-bond donors (Lipinski definition) is 3. The van der Waals surface area contributed by atoms with Gasteiger partial charge in [-0.2, -0.15) is 0 Å². The summed E-state index contributed by atoms with van der Waals surface area (Å²) in [7, 11) is 0. The van der Waals surface area contributed by atoms with Gasteiger partial charge in [0, 0.05) is 24.7 Å². The van der Waals surface area contributed by atoms with Gasteiger partial charge in [-0.05, 0) is 44.0 Å². The Balaban J connectivity index is 2.18. The van der Waals surface area contributed by atoms with Crippen LogP contribution in [0, 0.1) is 0 Å². The number of carbonyl (C=O) groups is 1. The number of phenols is 2. The van der Waals surface area contributed by atoms with E-state index in [2.05, 4.69) is 5.32 Å². The van der Waals surface area contributed by atoms with Crippen LogP contribution in [0.3, 0.4) is 0 Å². The van der Waals surface area contributed by atoms with Crippen LogP contribution in [0.15, 0.2) is 18.2 Å². The van der Waals surface area contributed by atoms with Gasteiger partial charge in [0.15, 0.2) is 11.5 Å². The van der Waals surface area contributed by atoms with E-state index in [9.17, 15) is 15.0 Å². The molecule has 0 bridgehead atoms. The Labute approximate surface area is 119 Å². The number of nitrogens with one attached hydrogen (secondary N) is 1. The molecule has 1 fully saturated rings. The molecule has 1 aromatic carbocycles. The highest BCUT2D eigenvalue weighted by Crippen LogP contribution is 2.26. The first-order valence-electron chi connectivity index (χ1n) is 7.17. The summed E-state index contributed by atoms with van der Waals surface area (Å²) in [6, 6.07) is 4.44. The van der Waals surface area contributed by atoms with Gasteiger partial charge in [0.05, 0.1) is 0 Å². The van der Waals surface area contributed by atoms with Crippen LogP contribution in [-0.2, 0) is 0 Å². The van der Waals surface area contributed by atoms with Gasteiger partial charge in [0.1, 0.15) is 0 Å². The smallest absolute Gasteiger partial charge is 0.254 e. The van der Waals surface area contributed by atoms with Crippen molar-refractivity contribution >= 4 is 5.91 Å². The minimum Gasteiger partial charge on any atom is -0.504 e. The van der Waals surface area contributed by atoms with Crippen LogP contribution < -0.4 is 5.32 Å². The predicted octanol–water partition coefficient (Wildman–Crippen LogP) is 1.70. The van der Waals surface area contributed by atoms with Crippen LogP contribution in [0.2, 0.25) is 0 Å². The van der Waals surface area contributed by atoms with E-state index in [0.717, 1.165) is 32.4 Å². The number of hydrogen-bond acceptors (Lipinski definition) is 4. The quantitative estimate of drug-likeness (QED) is 0.733. The van der Waals surface area contributed by atoms with E-state index in [-0.39, 0.29) is 23.4 Å². The molecule has 1 aliphatic rings. The zero-order chi connectivity index (χ0) is 14.5. The van der Waals surface area contributed by atoms with Crippen LogP contribution >= 0.6 is 0 Å². The fourth-order valence-corrected chi connectivity index (χ4v) is 2.61. The lowest BCUT2D eigenvalue weighted by Crippen LogP contribution is -2.49. The van der Waals surface area contributed by atoms with Crippen molar-refractivity contribution in [3.8, 4) is 11.5 Å². The fourth-order valence-electron chi connectivity index (χ4n) is 2.61. The lowest BCUT2D eigenvalue weighted by molar-refractivity contribution is 0.0648. The summed E-state index contributed by atoms with van der Waals surface area (Å²) < 4.78 is 0. The van der Waals surface area contributed by atoms with Crippen molar-refractivity contribution in [1.82, 2.24) is 10.2 Å². The van der Waals surface area contributed by atoms with Crippen molar-refractivity contribution in [2.24, 2.45) is 0 Å². The van der Waals surface area contributed by atoms with Gasteiger partial charge in [0.25, 0.3) is 5.91 Å². The van der Waals surface area contributed by atoms with E-state index in [1.54, 1.807) is 6.07 Å². The molecule has 1 saturated heterocycles. The number of phenolic OH excluding ortho intramolecular Hbond substituents is 2. The van der Waals surface area contributed by atoms with Gasteiger partial charge < -0.3 is 20.4 Å². The summed E-state index contributed by atoms with van der Waals surface area (Å²) in [5.74, 6) is -0.548. The molecule has 0 spiro atoms. The Morgan fingerprint density at radius 3 is 2.80 bits per heavy atom. The van der Waals surface area contributed by atoms with Crippen molar-refractivity contribution in [2.45, 2.75) is 32.2 Å². The Hall–Kier alpha value is -1.75. The van der Waals surface area contributed by atoms with Gasteiger partial charge in [0.2, 0.25) is 0 Å². The highest BCUT2D eigenvalue weighted by Gasteiger charge is 2.25. The molecular weight excluding hydrogens is 256 g/mol. The van der Waals surface area contributed by atoms with E-state index in [1.807, 2.05) is 11.8 Å². The molecule has 1 atom stereocenters. The second-order valence-electron chi connectivity index (χ2n) is 5.20. The van der Waals surface area contributed by atoms with Crippen LogP contribution in [-0.4, -0.2) is 46.7 Å². The summed E-state index contributed by atoms with van der Waals surface area (Å²) in [4.78, 5) is 14.5. The lowest BCUT2D eigenvalue weighted by Gasteiger charge is -2.34. The first-order chi connectivity index (χ1) is 9.63. The predicted molar refractivity (Wildman–Crippen MR) is 77.0 cm³/mol. The highest BCUT2D eigenvalue weighted by molar-refractivity contribution is 5.95. The summed E-state index contributed by atoms with van der Waals surface area (Å²) >= 11 is 0. The number of benzene rings is 1. The molecule has 0 aromatic heterocycles. The molecule has 0 saturated carbocycles. The van der Waals surface area contributed by atoms with Crippen LogP contribution in [0.1, 0.15) is 36.5 Å². The van der Waals surface area contributed by atoms with Crippen LogP contribution in [0.25, 0.3) is 0 Å². The number of rotatable bonds is 4. The Morgan fingerprint density at radius 2 is 2.20 bits per heavy atom. The second-order valence-corrected chi connectivity index (χ2v) is 5.20. The maximum atomic E-state index is 12.6. The van der Waals surface area contributed by atoms with Crippen molar-refractivity contribution in [2.75, 3.05) is 19.6 Å². The van der Waals surface area contributed by atoms with Crippen molar-refractivity contribution < 1.29 is 15.0 Å². The Kier molecular flexibility index (Phi) is 4.84. The minimum absolute atomic E-state index is 0.0872. The molecule has 20 heavy (non-hydrogen) atoms. The molecule has 5 nitrogen and oxygen atoms in total. The Morgan fingerprint density at radius 1 is 1.40 bits per heavy atom. The largest absolute Gasteiger partial charge is 0.504 e. The molecule has 0 radical (unpaired) electrons. The van der Waals surface area contributed by atoms with E-state index >= 15 is 0 Å². The molecule has 1 amide bonds. The molecule has 2 rings (SSSR count). The molecule has 1 heterocycles. The standard InChI is InChI=1S/C15H22N2O3/c1-2-8-17(12-4-3-7-16-10-12)15(20)11-5-6-13(18)14(19)9-11/h5-6,9,12,16,18-19H,2-4,7-8,10H2,1H3. The summed E-state index contributed by atoms with van der Waals surface area (Å²) in [6.07, 6.45) is 2.97. The van der Waals surface area contributed by atoms with E-state index in [1.165, 1.54) is 12.1 Å². The first-order valence-corrected chi connectivity index (χ1v) is 7.17. The van der Waals surface area contributed by atoms with Crippen molar-refractivity contribution in [3.63, 3.8) is 0 Å². The first kappa shape index (κ1) is 14.7. The summed E-state index contributed by atoms with van der Waals surface area (Å²) in [6.45, 7) is 4.57. The SMILES string of the molecule is CCCN(C(=O)c1ccc(O)c(O)c1)C1CCCNC1. The molecule has 110 valence electrons. The third-order valence-electron chi connectivity index (χ3n) is 3.66. The number of carbonyl (C=O) groups excluding carboxylic acids is 1. The Bertz CT molecular complexity index is 470. The normalized spacial score (nSPS) is 18.8. The third kappa shape index (κ3) is 3.22. The molecule has 1 aromatic rings. The van der Waals surface area contributed by atoms with E-state index in [4.69, 9.17) is 0 Å². The van der Waals surface area contributed by atoms with E-state index < -0.39 is 0 Å². The number of aromatic hydroxyl groups is 2. The third-order valence-corrected chi connectivity index (χ3v) is 3.66.